The molecule has 0 saturated heterocycles. The number of para-hydroxylation sites is 1. The Morgan fingerprint density at radius 1 is 1.09 bits per heavy atom. The molecule has 0 saturated carbocycles. The number of benzene rings is 2. The minimum atomic E-state index is -1.07. The first-order valence-corrected chi connectivity index (χ1v) is 7.26. The lowest BCUT2D eigenvalue weighted by molar-refractivity contribution is -0.114. The van der Waals surface area contributed by atoms with Gasteiger partial charge in [-0.25, -0.2) is 4.79 Å². The first kappa shape index (κ1) is 14.5. The molecule has 0 aliphatic carbocycles. The molecule has 0 fully saturated rings. The molecule has 1 amide bonds. The van der Waals surface area contributed by atoms with Crippen LogP contribution in [0.4, 0.5) is 5.69 Å². The molecule has 0 atom stereocenters. The standard InChI is InChI=1S/C16H10BrNO4/c17-12-7-3-6-11-13(12)18(15(20)14(11)19)8-9-4-1-2-5-10(9)16(21)22/h1-7H,8H2,(H,21,22). The maximum Gasteiger partial charge on any atom is 0.336 e. The Labute approximate surface area is 134 Å². The van der Waals surface area contributed by atoms with E-state index in [0.29, 0.717) is 21.3 Å². The minimum absolute atomic E-state index is 0.0304. The van der Waals surface area contributed by atoms with Gasteiger partial charge in [0.05, 0.1) is 23.4 Å². The second-order valence-electron chi connectivity index (χ2n) is 4.82. The summed E-state index contributed by atoms with van der Waals surface area (Å²) in [7, 11) is 0. The number of hydrogen-bond acceptors (Lipinski definition) is 3. The molecule has 1 N–H and O–H groups in total. The van der Waals surface area contributed by atoms with Crippen molar-refractivity contribution in [1.82, 2.24) is 0 Å². The number of nitrogens with zero attached hydrogens (tertiary/aromatic N) is 1. The number of ketones is 1. The third-order valence-electron chi connectivity index (χ3n) is 3.52. The van der Waals surface area contributed by atoms with Gasteiger partial charge in [-0.3, -0.25) is 14.5 Å². The van der Waals surface area contributed by atoms with Crippen molar-refractivity contribution < 1.29 is 19.5 Å². The molecule has 0 spiro atoms. The van der Waals surface area contributed by atoms with Crippen molar-refractivity contribution in [2.24, 2.45) is 0 Å². The van der Waals surface area contributed by atoms with Gasteiger partial charge in [0, 0.05) is 4.47 Å². The maximum absolute atomic E-state index is 12.2. The lowest BCUT2D eigenvalue weighted by atomic mass is 10.1. The van der Waals surface area contributed by atoms with Crippen LogP contribution in [0.3, 0.4) is 0 Å². The topological polar surface area (TPSA) is 74.7 Å². The smallest absolute Gasteiger partial charge is 0.336 e. The highest BCUT2D eigenvalue weighted by Gasteiger charge is 2.37. The van der Waals surface area contributed by atoms with Crippen LogP contribution < -0.4 is 4.90 Å². The summed E-state index contributed by atoms with van der Waals surface area (Å²) >= 11 is 3.34. The Bertz CT molecular complexity index is 816. The highest BCUT2D eigenvalue weighted by molar-refractivity contribution is 9.10. The van der Waals surface area contributed by atoms with Gasteiger partial charge in [0.15, 0.2) is 0 Å². The predicted octanol–water partition coefficient (Wildman–Crippen LogP) is 2.88. The molecule has 2 aromatic rings. The van der Waals surface area contributed by atoms with Gasteiger partial charge in [-0.1, -0.05) is 24.3 Å². The third kappa shape index (κ3) is 2.21. The van der Waals surface area contributed by atoms with Gasteiger partial charge >= 0.3 is 5.97 Å². The Morgan fingerprint density at radius 3 is 2.55 bits per heavy atom. The fourth-order valence-electron chi connectivity index (χ4n) is 2.50. The van der Waals surface area contributed by atoms with E-state index in [1.807, 2.05) is 0 Å². The second-order valence-corrected chi connectivity index (χ2v) is 5.67. The summed E-state index contributed by atoms with van der Waals surface area (Å²) in [5.41, 5.74) is 1.40. The van der Waals surface area contributed by atoms with Crippen molar-refractivity contribution >= 4 is 39.3 Å². The van der Waals surface area contributed by atoms with E-state index in [9.17, 15) is 19.5 Å². The number of amides is 1. The van der Waals surface area contributed by atoms with E-state index in [1.54, 1.807) is 36.4 Å². The molecule has 1 aliphatic rings. The summed E-state index contributed by atoms with van der Waals surface area (Å²) in [5.74, 6) is -2.30. The van der Waals surface area contributed by atoms with E-state index >= 15 is 0 Å². The van der Waals surface area contributed by atoms with Gasteiger partial charge in [-0.15, -0.1) is 0 Å². The zero-order chi connectivity index (χ0) is 15.9. The monoisotopic (exact) mass is 359 g/mol. The number of aromatic carboxylic acids is 1. The molecule has 0 unspecified atom stereocenters. The van der Waals surface area contributed by atoms with Crippen molar-refractivity contribution in [2.45, 2.75) is 6.54 Å². The molecule has 2 aromatic carbocycles. The van der Waals surface area contributed by atoms with Crippen LogP contribution in [0.25, 0.3) is 0 Å². The van der Waals surface area contributed by atoms with Crippen molar-refractivity contribution in [3.8, 4) is 0 Å². The Morgan fingerprint density at radius 2 is 1.82 bits per heavy atom. The zero-order valence-corrected chi connectivity index (χ0v) is 12.8. The average Bonchev–Trinajstić information content (AvgIpc) is 2.74. The summed E-state index contributed by atoms with van der Waals surface area (Å²) in [6.45, 7) is 0.0304. The van der Waals surface area contributed by atoms with Crippen LogP contribution in [0.15, 0.2) is 46.9 Å². The SMILES string of the molecule is O=C(O)c1ccccc1CN1C(=O)C(=O)c2cccc(Br)c21. The fraction of sp³-hybridized carbons (Fsp3) is 0.0625. The van der Waals surface area contributed by atoms with Crippen molar-refractivity contribution in [3.63, 3.8) is 0 Å². The number of carboxylic acids is 1. The molecule has 5 nitrogen and oxygen atoms in total. The van der Waals surface area contributed by atoms with Crippen LogP contribution >= 0.6 is 15.9 Å². The van der Waals surface area contributed by atoms with Crippen LogP contribution in [0.1, 0.15) is 26.3 Å². The lowest BCUT2D eigenvalue weighted by Gasteiger charge is -2.19. The van der Waals surface area contributed by atoms with Crippen LogP contribution in [0, 0.1) is 0 Å². The first-order chi connectivity index (χ1) is 10.5. The van der Waals surface area contributed by atoms with Crippen molar-refractivity contribution in [1.29, 1.82) is 0 Å². The van der Waals surface area contributed by atoms with Crippen LogP contribution in [0.2, 0.25) is 0 Å². The summed E-state index contributed by atoms with van der Waals surface area (Å²) in [5, 5.41) is 9.23. The zero-order valence-electron chi connectivity index (χ0n) is 11.2. The Hall–Kier alpha value is -2.47. The number of fused-ring (bicyclic) bond motifs is 1. The Kier molecular flexibility index (Phi) is 3.54. The molecular formula is C16H10BrNO4. The lowest BCUT2D eigenvalue weighted by Crippen LogP contribution is -2.30. The summed E-state index contributed by atoms with van der Waals surface area (Å²) in [4.78, 5) is 36.8. The highest BCUT2D eigenvalue weighted by atomic mass is 79.9. The van der Waals surface area contributed by atoms with Gasteiger partial charge in [-0.2, -0.15) is 0 Å². The first-order valence-electron chi connectivity index (χ1n) is 6.46. The molecule has 110 valence electrons. The van der Waals surface area contributed by atoms with Crippen LogP contribution in [0.5, 0.6) is 0 Å². The molecule has 0 aromatic heterocycles. The molecule has 1 heterocycles. The molecule has 3 rings (SSSR count). The van der Waals surface area contributed by atoms with Gasteiger partial charge < -0.3 is 5.11 Å². The predicted molar refractivity (Wildman–Crippen MR) is 83.1 cm³/mol. The summed E-state index contributed by atoms with van der Waals surface area (Å²) < 4.78 is 0.622. The Balaban J connectivity index is 2.07. The van der Waals surface area contributed by atoms with E-state index in [-0.39, 0.29) is 12.1 Å². The summed E-state index contributed by atoms with van der Waals surface area (Å²) in [6, 6.07) is 11.4. The van der Waals surface area contributed by atoms with Gasteiger partial charge in [-0.05, 0) is 39.7 Å². The number of Topliss-reactive ketones (excluding diaryl/α,β-unsaturated/α-hetero) is 1. The van der Waals surface area contributed by atoms with Gasteiger partial charge in [0.2, 0.25) is 0 Å². The largest absolute Gasteiger partial charge is 0.478 e. The van der Waals surface area contributed by atoms with E-state index in [2.05, 4.69) is 15.9 Å². The average molecular weight is 360 g/mol. The minimum Gasteiger partial charge on any atom is -0.478 e. The van der Waals surface area contributed by atoms with Crippen molar-refractivity contribution in [2.75, 3.05) is 4.90 Å². The van der Waals surface area contributed by atoms with Crippen LogP contribution in [-0.4, -0.2) is 22.8 Å². The molecule has 22 heavy (non-hydrogen) atoms. The third-order valence-corrected chi connectivity index (χ3v) is 4.16. The number of rotatable bonds is 3. The number of hydrogen-bond donors (Lipinski definition) is 1. The number of carboxylic acid groups (broad SMARTS) is 1. The highest BCUT2D eigenvalue weighted by Crippen LogP contribution is 2.37. The number of carbonyl (C=O) groups excluding carboxylic acids is 2. The number of halogens is 1. The molecule has 6 heteroatoms. The normalized spacial score (nSPS) is 13.4. The second kappa shape index (κ2) is 5.38. The maximum atomic E-state index is 12.2. The van der Waals surface area contributed by atoms with Gasteiger partial charge in [0.1, 0.15) is 0 Å². The molecule has 0 bridgehead atoms. The number of anilines is 1. The molecular weight excluding hydrogens is 350 g/mol. The fourth-order valence-corrected chi connectivity index (χ4v) is 3.08. The summed E-state index contributed by atoms with van der Waals surface area (Å²) in [6.07, 6.45) is 0. The van der Waals surface area contributed by atoms with Crippen LogP contribution in [-0.2, 0) is 11.3 Å². The van der Waals surface area contributed by atoms with E-state index < -0.39 is 17.7 Å². The van der Waals surface area contributed by atoms with E-state index in [0.717, 1.165) is 0 Å². The molecule has 1 aliphatic heterocycles. The van der Waals surface area contributed by atoms with E-state index in [4.69, 9.17) is 0 Å². The van der Waals surface area contributed by atoms with Crippen molar-refractivity contribution in [3.05, 3.63) is 63.6 Å². The number of carbonyl (C=O) groups is 3. The van der Waals surface area contributed by atoms with E-state index in [1.165, 1.54) is 11.0 Å². The molecule has 0 radical (unpaired) electrons. The van der Waals surface area contributed by atoms with Gasteiger partial charge in [0.25, 0.3) is 11.7 Å². The quantitative estimate of drug-likeness (QED) is 0.855.